The molecule has 0 bridgehead atoms. The smallest absolute Gasteiger partial charge is 0.155 e. The molecule has 0 fully saturated rings. The predicted octanol–water partition coefficient (Wildman–Crippen LogP) is 3.63. The molecule has 0 atom stereocenters. The van der Waals surface area contributed by atoms with E-state index in [1.807, 2.05) is 24.3 Å². The van der Waals surface area contributed by atoms with Crippen molar-refractivity contribution in [2.45, 2.75) is 6.92 Å². The van der Waals surface area contributed by atoms with Crippen LogP contribution in [0, 0.1) is 10.5 Å². The number of nitrogens with zero attached hydrogens (tertiary/aromatic N) is 2. The van der Waals surface area contributed by atoms with Gasteiger partial charge in [0.2, 0.25) is 0 Å². The zero-order valence-electron chi connectivity index (χ0n) is 10.9. The fourth-order valence-electron chi connectivity index (χ4n) is 2.16. The molecular weight excluding hydrogens is 363 g/mol. The van der Waals surface area contributed by atoms with E-state index in [0.717, 1.165) is 22.5 Å². The highest BCUT2D eigenvalue weighted by atomic mass is 127. The quantitative estimate of drug-likeness (QED) is 0.672. The highest BCUT2D eigenvalue weighted by Crippen LogP contribution is 2.36. The van der Waals surface area contributed by atoms with Crippen LogP contribution < -0.4 is 5.73 Å². The Balaban J connectivity index is 2.24. The third-order valence-electron chi connectivity index (χ3n) is 3.18. The first-order valence-electron chi connectivity index (χ1n) is 6.19. The summed E-state index contributed by atoms with van der Waals surface area (Å²) in [6.45, 7) is 2.09. The summed E-state index contributed by atoms with van der Waals surface area (Å²) in [5.41, 5.74) is 10.9. The van der Waals surface area contributed by atoms with Crippen molar-refractivity contribution in [2.75, 3.05) is 5.73 Å². The van der Waals surface area contributed by atoms with Crippen molar-refractivity contribution >= 4 is 28.4 Å². The molecule has 1 aromatic carbocycles. The summed E-state index contributed by atoms with van der Waals surface area (Å²) in [7, 11) is 0. The number of pyridine rings is 1. The Bertz CT molecular complexity index is 750. The Morgan fingerprint density at radius 2 is 2.00 bits per heavy atom. The molecule has 0 unspecified atom stereocenters. The van der Waals surface area contributed by atoms with Crippen LogP contribution in [0.4, 0.5) is 5.82 Å². The third-order valence-corrected chi connectivity index (χ3v) is 4.61. The Hall–Kier alpha value is -1.89. The van der Waals surface area contributed by atoms with E-state index >= 15 is 0 Å². The van der Waals surface area contributed by atoms with Gasteiger partial charge in [-0.15, -0.1) is 0 Å². The van der Waals surface area contributed by atoms with E-state index in [4.69, 9.17) is 5.73 Å². The molecule has 3 rings (SSSR count). The van der Waals surface area contributed by atoms with Gasteiger partial charge in [-0.25, -0.2) is 0 Å². The van der Waals surface area contributed by atoms with Gasteiger partial charge in [-0.2, -0.15) is 5.10 Å². The molecule has 2 aromatic heterocycles. The highest BCUT2D eigenvalue weighted by molar-refractivity contribution is 14.1. The van der Waals surface area contributed by atoms with Crippen LogP contribution in [-0.2, 0) is 0 Å². The van der Waals surface area contributed by atoms with Gasteiger partial charge in [-0.05, 0) is 47.2 Å². The first-order valence-corrected chi connectivity index (χ1v) is 7.27. The summed E-state index contributed by atoms with van der Waals surface area (Å²) >= 11 is 2.34. The number of nitrogens with two attached hydrogens (primary N) is 1. The molecular formula is C15H13IN4. The molecule has 2 heterocycles. The Morgan fingerprint density at radius 3 is 2.75 bits per heavy atom. The molecule has 20 heavy (non-hydrogen) atoms. The fourth-order valence-corrected chi connectivity index (χ4v) is 2.79. The maximum absolute atomic E-state index is 6.01. The summed E-state index contributed by atoms with van der Waals surface area (Å²) in [5, 5.41) is 7.19. The van der Waals surface area contributed by atoms with Gasteiger partial charge in [0.25, 0.3) is 0 Å². The second-order valence-electron chi connectivity index (χ2n) is 4.51. The van der Waals surface area contributed by atoms with Crippen LogP contribution in [0.1, 0.15) is 5.56 Å². The number of anilines is 1. The molecule has 0 saturated carbocycles. The van der Waals surface area contributed by atoms with E-state index in [0.29, 0.717) is 5.82 Å². The maximum atomic E-state index is 6.01. The average Bonchev–Trinajstić information content (AvgIpc) is 2.84. The molecule has 0 aliphatic rings. The monoisotopic (exact) mass is 376 g/mol. The number of benzene rings is 1. The number of rotatable bonds is 2. The van der Waals surface area contributed by atoms with Crippen LogP contribution in [0.15, 0.2) is 42.6 Å². The maximum Gasteiger partial charge on any atom is 0.155 e. The van der Waals surface area contributed by atoms with E-state index in [1.54, 1.807) is 6.20 Å². The van der Waals surface area contributed by atoms with Gasteiger partial charge in [-0.3, -0.25) is 10.1 Å². The van der Waals surface area contributed by atoms with Crippen molar-refractivity contribution in [3.05, 3.63) is 51.7 Å². The second kappa shape index (κ2) is 5.24. The van der Waals surface area contributed by atoms with Gasteiger partial charge in [0.05, 0.1) is 17.0 Å². The number of hydrogen-bond acceptors (Lipinski definition) is 3. The fraction of sp³-hybridized carbons (Fsp3) is 0.0667. The Morgan fingerprint density at radius 1 is 1.15 bits per heavy atom. The van der Waals surface area contributed by atoms with Crippen molar-refractivity contribution in [3.8, 4) is 22.5 Å². The lowest BCUT2D eigenvalue weighted by atomic mass is 10.0. The number of halogens is 1. The number of hydrogen-bond donors (Lipinski definition) is 2. The summed E-state index contributed by atoms with van der Waals surface area (Å²) in [5.74, 6) is 0.469. The lowest BCUT2D eigenvalue weighted by Gasteiger charge is -2.08. The minimum Gasteiger partial charge on any atom is -0.382 e. The standard InChI is InChI=1S/C15H13IN4/c1-9-5-4-6-10(13(9)16)14-12(15(17)20-19-14)11-7-2-3-8-18-11/h2-8H,1H3,(H3,17,19,20). The SMILES string of the molecule is Cc1cccc(-c2[nH]nc(N)c2-c2ccccn2)c1I. The number of nitrogens with one attached hydrogen (secondary N) is 1. The summed E-state index contributed by atoms with van der Waals surface area (Å²) in [6.07, 6.45) is 1.76. The minimum atomic E-state index is 0.469. The second-order valence-corrected chi connectivity index (χ2v) is 5.59. The van der Waals surface area contributed by atoms with E-state index < -0.39 is 0 Å². The van der Waals surface area contributed by atoms with Gasteiger partial charge < -0.3 is 5.73 Å². The number of aromatic amines is 1. The van der Waals surface area contributed by atoms with Crippen LogP contribution in [0.5, 0.6) is 0 Å². The van der Waals surface area contributed by atoms with Crippen LogP contribution in [-0.4, -0.2) is 15.2 Å². The van der Waals surface area contributed by atoms with E-state index in [9.17, 15) is 0 Å². The van der Waals surface area contributed by atoms with Crippen molar-refractivity contribution < 1.29 is 0 Å². The summed E-state index contributed by atoms with van der Waals surface area (Å²) < 4.78 is 1.19. The third kappa shape index (κ3) is 2.18. The zero-order chi connectivity index (χ0) is 14.1. The van der Waals surface area contributed by atoms with Gasteiger partial charge >= 0.3 is 0 Å². The number of aromatic nitrogens is 3. The van der Waals surface area contributed by atoms with Crippen molar-refractivity contribution in [1.29, 1.82) is 0 Å². The average molecular weight is 376 g/mol. The number of nitrogen functional groups attached to an aromatic ring is 1. The number of aryl methyl sites for hydroxylation is 1. The van der Waals surface area contributed by atoms with Crippen molar-refractivity contribution in [2.24, 2.45) is 0 Å². The molecule has 0 amide bonds. The van der Waals surface area contributed by atoms with Gasteiger partial charge in [0, 0.05) is 15.3 Å². The first kappa shape index (κ1) is 13.1. The van der Waals surface area contributed by atoms with Crippen LogP contribution in [0.2, 0.25) is 0 Å². The molecule has 4 nitrogen and oxygen atoms in total. The van der Waals surface area contributed by atoms with Gasteiger partial charge in [-0.1, -0.05) is 24.3 Å². The van der Waals surface area contributed by atoms with Crippen LogP contribution >= 0.6 is 22.6 Å². The summed E-state index contributed by atoms with van der Waals surface area (Å²) in [4.78, 5) is 4.38. The van der Waals surface area contributed by atoms with E-state index in [1.165, 1.54) is 9.13 Å². The molecule has 0 radical (unpaired) electrons. The molecule has 0 aliphatic heterocycles. The molecule has 0 saturated heterocycles. The predicted molar refractivity (Wildman–Crippen MR) is 89.1 cm³/mol. The Kier molecular flexibility index (Phi) is 3.43. The van der Waals surface area contributed by atoms with Crippen LogP contribution in [0.3, 0.4) is 0 Å². The minimum absolute atomic E-state index is 0.469. The molecule has 0 spiro atoms. The van der Waals surface area contributed by atoms with Crippen LogP contribution in [0.25, 0.3) is 22.5 Å². The van der Waals surface area contributed by atoms with Gasteiger partial charge in [0.1, 0.15) is 0 Å². The lowest BCUT2D eigenvalue weighted by molar-refractivity contribution is 1.10. The summed E-state index contributed by atoms with van der Waals surface area (Å²) in [6, 6.07) is 12.0. The van der Waals surface area contributed by atoms with Gasteiger partial charge in [0.15, 0.2) is 5.82 Å². The normalized spacial score (nSPS) is 10.7. The molecule has 0 aliphatic carbocycles. The Labute approximate surface area is 130 Å². The zero-order valence-corrected chi connectivity index (χ0v) is 13.0. The molecule has 100 valence electrons. The first-order chi connectivity index (χ1) is 9.68. The highest BCUT2D eigenvalue weighted by Gasteiger charge is 2.17. The largest absolute Gasteiger partial charge is 0.382 e. The molecule has 3 aromatic rings. The number of H-pyrrole nitrogens is 1. The molecule has 3 N–H and O–H groups in total. The van der Waals surface area contributed by atoms with E-state index in [2.05, 4.69) is 56.8 Å². The van der Waals surface area contributed by atoms with Crippen molar-refractivity contribution in [3.63, 3.8) is 0 Å². The van der Waals surface area contributed by atoms with Crippen molar-refractivity contribution in [1.82, 2.24) is 15.2 Å². The van der Waals surface area contributed by atoms with E-state index in [-0.39, 0.29) is 0 Å². The molecule has 5 heteroatoms. The topological polar surface area (TPSA) is 67.6 Å². The lowest BCUT2D eigenvalue weighted by Crippen LogP contribution is -1.92.